The van der Waals surface area contributed by atoms with Crippen molar-refractivity contribution in [2.24, 2.45) is 0 Å². The predicted octanol–water partition coefficient (Wildman–Crippen LogP) is 0.351. The molecule has 0 fully saturated rings. The van der Waals surface area contributed by atoms with Crippen molar-refractivity contribution >= 4 is 17.6 Å². The fourth-order valence-electron chi connectivity index (χ4n) is 3.19. The average Bonchev–Trinajstić information content (AvgIpc) is 3.39. The summed E-state index contributed by atoms with van der Waals surface area (Å²) in [6, 6.07) is 5.93. The Morgan fingerprint density at radius 3 is 2.54 bits per heavy atom. The Bertz CT molecular complexity index is 1340. The van der Waals surface area contributed by atoms with E-state index < -0.39 is 23.5 Å². The smallest absolute Gasteiger partial charge is 1.00 e. The van der Waals surface area contributed by atoms with Crippen molar-refractivity contribution in [3.8, 4) is 17.3 Å². The fourth-order valence-corrected chi connectivity index (χ4v) is 3.19. The first-order valence-electron chi connectivity index (χ1n) is 9.92. The first kappa shape index (κ1) is 26.6. The maximum Gasteiger partial charge on any atom is 1.00 e. The van der Waals surface area contributed by atoms with Crippen molar-refractivity contribution in [2.45, 2.75) is 19.4 Å². The minimum atomic E-state index is -1.28. The van der Waals surface area contributed by atoms with Gasteiger partial charge in [0.25, 0.3) is 0 Å². The molecule has 1 aromatic carbocycles. The van der Waals surface area contributed by atoms with Crippen LogP contribution in [0.1, 0.15) is 29.7 Å². The fraction of sp³-hybridized carbons (Fsp3) is 0.136. The van der Waals surface area contributed by atoms with E-state index in [1.54, 1.807) is 0 Å². The second-order valence-electron chi connectivity index (χ2n) is 7.30. The summed E-state index contributed by atoms with van der Waals surface area (Å²) in [6.45, 7) is 0.000881. The van der Waals surface area contributed by atoms with Crippen molar-refractivity contribution in [2.75, 3.05) is 5.32 Å². The van der Waals surface area contributed by atoms with Gasteiger partial charge in [0.2, 0.25) is 17.6 Å². The molecule has 176 valence electrons. The van der Waals surface area contributed by atoms with Crippen LogP contribution in [0.2, 0.25) is 0 Å². The molecule has 3 aromatic heterocycles. The summed E-state index contributed by atoms with van der Waals surface area (Å²) in [6.07, 6.45) is 3.86. The van der Waals surface area contributed by atoms with Crippen LogP contribution in [-0.2, 0) is 17.8 Å². The largest absolute Gasteiger partial charge is 1.00 e. The molecule has 4 rings (SSSR count). The van der Waals surface area contributed by atoms with Crippen molar-refractivity contribution in [3.63, 3.8) is 0 Å². The number of amides is 1. The minimum Gasteiger partial charge on any atom is -1.00 e. The summed E-state index contributed by atoms with van der Waals surface area (Å²) in [5.41, 5.74) is 0.526. The van der Waals surface area contributed by atoms with Gasteiger partial charge in [-0.25, -0.2) is 18.6 Å². The second kappa shape index (κ2) is 11.6. The van der Waals surface area contributed by atoms with Crippen LogP contribution in [0.4, 0.5) is 14.5 Å². The number of benzene rings is 1. The van der Waals surface area contributed by atoms with Crippen LogP contribution in [0, 0.1) is 11.6 Å². The maximum absolute atomic E-state index is 13.4. The number of carboxylic acids is 1. The molecule has 0 aliphatic rings. The Labute approximate surface area is 240 Å². The third-order valence-electron chi connectivity index (χ3n) is 4.68. The number of nitrogens with one attached hydrogen (secondary N) is 1. The molecule has 0 radical (unpaired) electrons. The number of carbonyl (C=O) groups excluding carboxylic acids is 1. The number of aromatic carboxylic acids is 1. The van der Waals surface area contributed by atoms with Crippen LogP contribution in [-0.4, -0.2) is 41.8 Å². The number of pyridine rings is 1. The Morgan fingerprint density at radius 2 is 1.89 bits per heavy atom. The molecule has 0 atom stereocenters. The molecule has 0 saturated heterocycles. The van der Waals surface area contributed by atoms with Gasteiger partial charge < -0.3 is 26.0 Å². The number of anilines is 1. The van der Waals surface area contributed by atoms with Gasteiger partial charge in [0, 0.05) is 37.8 Å². The third kappa shape index (κ3) is 7.02. The number of hydrogen-bond acceptors (Lipinski definition) is 7. The van der Waals surface area contributed by atoms with E-state index in [2.05, 4.69) is 20.4 Å². The first-order valence-corrected chi connectivity index (χ1v) is 9.92. The zero-order chi connectivity index (χ0) is 24.2. The van der Waals surface area contributed by atoms with E-state index in [1.165, 1.54) is 35.3 Å². The van der Waals surface area contributed by atoms with Gasteiger partial charge in [0.15, 0.2) is 0 Å². The number of nitrogens with zero attached hydrogens (tertiary/aromatic N) is 4. The summed E-state index contributed by atoms with van der Waals surface area (Å²) in [5.74, 6) is -2.93. The number of carbonyl (C=O) groups is 2. The topological polar surface area (TPSA) is 143 Å². The van der Waals surface area contributed by atoms with Crippen LogP contribution in [0.15, 0.2) is 53.4 Å². The van der Waals surface area contributed by atoms with Gasteiger partial charge in [-0.3, -0.25) is 4.79 Å². The molecule has 0 spiro atoms. The Kier molecular flexibility index (Phi) is 8.85. The molecule has 10 nitrogen and oxygen atoms in total. The van der Waals surface area contributed by atoms with Crippen LogP contribution in [0.25, 0.3) is 11.5 Å². The van der Waals surface area contributed by atoms with E-state index in [-0.39, 0.29) is 106 Å². The van der Waals surface area contributed by atoms with Gasteiger partial charge in [-0.1, -0.05) is 5.16 Å². The van der Waals surface area contributed by atoms with Crippen LogP contribution >= 0.6 is 0 Å². The number of carboxylic acid groups (broad SMARTS) is 1. The normalized spacial score (nSPS) is 10.6. The molecule has 13 heteroatoms. The van der Waals surface area contributed by atoms with Crippen LogP contribution in [0.5, 0.6) is 5.75 Å². The summed E-state index contributed by atoms with van der Waals surface area (Å²) in [7, 11) is 0. The van der Waals surface area contributed by atoms with Crippen LogP contribution < -0.4 is 56.7 Å². The van der Waals surface area contributed by atoms with E-state index in [0.717, 1.165) is 18.2 Å². The zero-order valence-electron chi connectivity index (χ0n) is 19.4. The molecule has 0 bridgehead atoms. The van der Waals surface area contributed by atoms with Gasteiger partial charge in [-0.15, -0.1) is 0 Å². The van der Waals surface area contributed by atoms with Crippen molar-refractivity contribution in [1.82, 2.24) is 19.7 Å². The zero-order valence-corrected chi connectivity index (χ0v) is 21.5. The molecule has 0 saturated carbocycles. The molecular formula is C22H18F2KN5O5. The molecule has 1 amide bonds. The molecule has 3 N–H and O–H groups in total. The SMILES string of the molecule is O=C(CCc1nc(-c2ccc(O)cn2)no1)Nc1cn(Cc2cc(F)cc(F)c2)cc1C(=O)O.[H-].[K+]. The van der Waals surface area contributed by atoms with Crippen molar-refractivity contribution in [3.05, 3.63) is 77.6 Å². The van der Waals surface area contributed by atoms with Crippen molar-refractivity contribution in [1.29, 1.82) is 0 Å². The molecule has 0 unspecified atom stereocenters. The molecule has 35 heavy (non-hydrogen) atoms. The number of aryl methyl sites for hydroxylation is 1. The Hall–Kier alpha value is -2.97. The standard InChI is InChI=1S/C22H17F2N5O5.K.H/c23-13-5-12(6-14(24)7-13)9-29-10-16(22(32)33)18(11-29)26-19(31)3-4-20-27-21(28-34-20)17-2-1-15(30)8-25-17;;/h1-2,5-8,10-11,30H,3-4,9H2,(H,26,31)(H,32,33);;/q;+1;-1. The summed E-state index contributed by atoms with van der Waals surface area (Å²) in [5, 5.41) is 25.0. The van der Waals surface area contributed by atoms with Crippen LogP contribution in [0.3, 0.4) is 0 Å². The molecule has 0 aliphatic carbocycles. The van der Waals surface area contributed by atoms with Gasteiger partial charge in [-0.05, 0) is 29.8 Å². The van der Waals surface area contributed by atoms with E-state index >= 15 is 0 Å². The Balaban J connectivity index is 0.00000228. The number of aromatic hydroxyl groups is 1. The summed E-state index contributed by atoms with van der Waals surface area (Å²) >= 11 is 0. The van der Waals surface area contributed by atoms with Gasteiger partial charge in [-0.2, -0.15) is 4.98 Å². The first-order chi connectivity index (χ1) is 16.3. The number of aromatic nitrogens is 4. The van der Waals surface area contributed by atoms with E-state index in [9.17, 15) is 28.6 Å². The predicted molar refractivity (Wildman–Crippen MR) is 114 cm³/mol. The number of halogens is 2. The number of rotatable bonds is 8. The Morgan fingerprint density at radius 1 is 1.14 bits per heavy atom. The quantitative estimate of drug-likeness (QED) is 0.289. The summed E-state index contributed by atoms with van der Waals surface area (Å²) < 4.78 is 33.3. The maximum atomic E-state index is 13.4. The monoisotopic (exact) mass is 509 g/mol. The summed E-state index contributed by atoms with van der Waals surface area (Å²) in [4.78, 5) is 32.1. The second-order valence-corrected chi connectivity index (χ2v) is 7.30. The molecule has 4 aromatic rings. The third-order valence-corrected chi connectivity index (χ3v) is 4.68. The minimum absolute atomic E-state index is 0. The molecule has 3 heterocycles. The van der Waals surface area contributed by atoms with E-state index in [1.807, 2.05) is 0 Å². The van der Waals surface area contributed by atoms with E-state index in [4.69, 9.17) is 4.52 Å². The molecular weight excluding hydrogens is 491 g/mol. The van der Waals surface area contributed by atoms with Gasteiger partial charge in [0.05, 0.1) is 11.9 Å². The number of hydrogen-bond donors (Lipinski definition) is 3. The van der Waals surface area contributed by atoms with Crippen molar-refractivity contribution < 1.29 is 85.9 Å². The van der Waals surface area contributed by atoms with Gasteiger partial charge >= 0.3 is 57.4 Å². The van der Waals surface area contributed by atoms with Gasteiger partial charge in [0.1, 0.15) is 28.6 Å². The average molecular weight is 510 g/mol. The molecule has 0 aliphatic heterocycles. The van der Waals surface area contributed by atoms with E-state index in [0.29, 0.717) is 5.69 Å².